The molecule has 2 N–H and O–H groups in total. The summed E-state index contributed by atoms with van der Waals surface area (Å²) in [6, 6.07) is 9.61. The molecule has 0 aliphatic carbocycles. The van der Waals surface area contributed by atoms with Gasteiger partial charge in [0, 0.05) is 29.3 Å². The molecule has 0 fully saturated rings. The zero-order valence-corrected chi connectivity index (χ0v) is 13.7. The minimum absolute atomic E-state index is 0.0442. The van der Waals surface area contributed by atoms with E-state index in [0.717, 1.165) is 21.4 Å². The van der Waals surface area contributed by atoms with Crippen LogP contribution in [-0.4, -0.2) is 17.4 Å². The van der Waals surface area contributed by atoms with Crippen molar-refractivity contribution in [1.29, 1.82) is 0 Å². The Morgan fingerprint density at radius 2 is 2.14 bits per heavy atom. The quantitative estimate of drug-likeness (QED) is 0.869. The summed E-state index contributed by atoms with van der Waals surface area (Å²) in [6.45, 7) is 5.17. The van der Waals surface area contributed by atoms with Crippen LogP contribution in [0, 0.1) is 6.92 Å². The van der Waals surface area contributed by atoms with Gasteiger partial charge in [0.15, 0.2) is 0 Å². The molecule has 1 aromatic carbocycles. The predicted molar refractivity (Wildman–Crippen MR) is 88.4 cm³/mol. The summed E-state index contributed by atoms with van der Waals surface area (Å²) >= 11 is 3.40. The minimum atomic E-state index is -0.0442. The molecule has 0 radical (unpaired) electrons. The number of amides is 1. The number of aryl methyl sites for hydroxylation is 1. The summed E-state index contributed by atoms with van der Waals surface area (Å²) in [5.41, 5.74) is 2.80. The number of nitrogens with zero attached hydrogens (tertiary/aromatic N) is 1. The molecule has 0 aliphatic heterocycles. The third-order valence-electron chi connectivity index (χ3n) is 3.03. The van der Waals surface area contributed by atoms with Crippen LogP contribution in [0.1, 0.15) is 28.4 Å². The van der Waals surface area contributed by atoms with Crippen LogP contribution in [0.15, 0.2) is 41.0 Å². The minimum Gasteiger partial charge on any atom is -0.366 e. The number of nitrogens with one attached hydrogen (secondary N) is 2. The number of carbonyl (C=O) groups excluding carboxylic acids is 1. The summed E-state index contributed by atoms with van der Waals surface area (Å²) < 4.78 is 0.962. The summed E-state index contributed by atoms with van der Waals surface area (Å²) in [5, 5.41) is 6.09. The zero-order valence-electron chi connectivity index (χ0n) is 12.1. The van der Waals surface area contributed by atoms with Gasteiger partial charge in [-0.2, -0.15) is 0 Å². The second-order valence-corrected chi connectivity index (χ2v) is 5.65. The second-order valence-electron chi connectivity index (χ2n) is 4.73. The van der Waals surface area contributed by atoms with Crippen molar-refractivity contribution in [3.63, 3.8) is 0 Å². The normalized spacial score (nSPS) is 10.2. The SMILES string of the molecule is CCNC(=O)c1cccc(CNc2ncc(Br)cc2C)c1. The van der Waals surface area contributed by atoms with E-state index < -0.39 is 0 Å². The Balaban J connectivity index is 2.06. The number of rotatable bonds is 5. The van der Waals surface area contributed by atoms with Gasteiger partial charge in [-0.05, 0) is 59.1 Å². The molecule has 0 atom stereocenters. The molecule has 0 unspecified atom stereocenters. The number of carbonyl (C=O) groups is 1. The highest BCUT2D eigenvalue weighted by molar-refractivity contribution is 9.10. The summed E-state index contributed by atoms with van der Waals surface area (Å²) in [7, 11) is 0. The molecule has 2 aromatic rings. The van der Waals surface area contributed by atoms with Crippen molar-refractivity contribution in [3.8, 4) is 0 Å². The monoisotopic (exact) mass is 347 g/mol. The first-order valence-electron chi connectivity index (χ1n) is 6.83. The lowest BCUT2D eigenvalue weighted by molar-refractivity contribution is 0.0955. The maximum Gasteiger partial charge on any atom is 0.251 e. The first kappa shape index (κ1) is 15.5. The summed E-state index contributed by atoms with van der Waals surface area (Å²) in [4.78, 5) is 16.2. The number of benzene rings is 1. The van der Waals surface area contributed by atoms with E-state index in [2.05, 4.69) is 31.5 Å². The van der Waals surface area contributed by atoms with Crippen LogP contribution < -0.4 is 10.6 Å². The maximum absolute atomic E-state index is 11.8. The Bertz CT molecular complexity index is 643. The Hall–Kier alpha value is -1.88. The molecule has 0 saturated heterocycles. The molecule has 5 heteroatoms. The number of aromatic nitrogens is 1. The number of hydrogen-bond acceptors (Lipinski definition) is 3. The predicted octanol–water partition coefficient (Wildman–Crippen LogP) is 3.51. The highest BCUT2D eigenvalue weighted by atomic mass is 79.9. The van der Waals surface area contributed by atoms with Crippen LogP contribution in [0.2, 0.25) is 0 Å². The zero-order chi connectivity index (χ0) is 15.2. The van der Waals surface area contributed by atoms with Crippen molar-refractivity contribution in [2.24, 2.45) is 0 Å². The van der Waals surface area contributed by atoms with E-state index >= 15 is 0 Å². The Morgan fingerprint density at radius 3 is 2.86 bits per heavy atom. The van der Waals surface area contributed by atoms with Gasteiger partial charge in [-0.25, -0.2) is 4.98 Å². The van der Waals surface area contributed by atoms with Crippen LogP contribution in [0.5, 0.6) is 0 Å². The largest absolute Gasteiger partial charge is 0.366 e. The Kier molecular flexibility index (Phi) is 5.33. The molecule has 0 bridgehead atoms. The fourth-order valence-corrected chi connectivity index (χ4v) is 2.44. The lowest BCUT2D eigenvalue weighted by Gasteiger charge is -2.10. The average Bonchev–Trinajstić information content (AvgIpc) is 2.47. The molecule has 0 spiro atoms. The summed E-state index contributed by atoms with van der Waals surface area (Å²) in [6.07, 6.45) is 1.76. The van der Waals surface area contributed by atoms with E-state index in [1.807, 2.05) is 44.2 Å². The van der Waals surface area contributed by atoms with E-state index in [1.165, 1.54) is 0 Å². The van der Waals surface area contributed by atoms with Gasteiger partial charge in [0.25, 0.3) is 5.91 Å². The number of anilines is 1. The molecule has 110 valence electrons. The van der Waals surface area contributed by atoms with Crippen LogP contribution >= 0.6 is 15.9 Å². The van der Waals surface area contributed by atoms with Gasteiger partial charge >= 0.3 is 0 Å². The van der Waals surface area contributed by atoms with E-state index in [9.17, 15) is 4.79 Å². The van der Waals surface area contributed by atoms with Gasteiger partial charge in [0.1, 0.15) is 5.82 Å². The van der Waals surface area contributed by atoms with Gasteiger partial charge in [-0.15, -0.1) is 0 Å². The van der Waals surface area contributed by atoms with Gasteiger partial charge in [0.05, 0.1) is 0 Å². The van der Waals surface area contributed by atoms with Gasteiger partial charge < -0.3 is 10.6 Å². The van der Waals surface area contributed by atoms with Crippen molar-refractivity contribution in [3.05, 3.63) is 57.7 Å². The standard InChI is InChI=1S/C16H18BrN3O/c1-3-18-16(21)13-6-4-5-12(8-13)9-19-15-11(2)7-14(17)10-20-15/h4-8,10H,3,9H2,1-2H3,(H,18,21)(H,19,20). The van der Waals surface area contributed by atoms with Crippen LogP contribution in [0.4, 0.5) is 5.82 Å². The molecule has 1 heterocycles. The first-order valence-corrected chi connectivity index (χ1v) is 7.62. The van der Waals surface area contributed by atoms with Crippen molar-refractivity contribution in [2.75, 3.05) is 11.9 Å². The highest BCUT2D eigenvalue weighted by Crippen LogP contribution is 2.17. The third-order valence-corrected chi connectivity index (χ3v) is 3.47. The molecule has 1 aromatic heterocycles. The molecule has 1 amide bonds. The van der Waals surface area contributed by atoms with Gasteiger partial charge in [-0.1, -0.05) is 12.1 Å². The molecule has 21 heavy (non-hydrogen) atoms. The lowest BCUT2D eigenvalue weighted by atomic mass is 10.1. The van der Waals surface area contributed by atoms with Gasteiger partial charge in [0.2, 0.25) is 0 Å². The van der Waals surface area contributed by atoms with Crippen molar-refractivity contribution in [1.82, 2.24) is 10.3 Å². The average molecular weight is 348 g/mol. The maximum atomic E-state index is 11.8. The highest BCUT2D eigenvalue weighted by Gasteiger charge is 2.05. The smallest absolute Gasteiger partial charge is 0.251 e. The van der Waals surface area contributed by atoms with Gasteiger partial charge in [-0.3, -0.25) is 4.79 Å². The van der Waals surface area contributed by atoms with E-state index in [1.54, 1.807) is 6.20 Å². The summed E-state index contributed by atoms with van der Waals surface area (Å²) in [5.74, 6) is 0.805. The van der Waals surface area contributed by atoms with Crippen LogP contribution in [0.25, 0.3) is 0 Å². The molecular weight excluding hydrogens is 330 g/mol. The molecule has 4 nitrogen and oxygen atoms in total. The van der Waals surface area contributed by atoms with Crippen molar-refractivity contribution in [2.45, 2.75) is 20.4 Å². The second kappa shape index (κ2) is 7.22. The van der Waals surface area contributed by atoms with E-state index in [0.29, 0.717) is 18.7 Å². The van der Waals surface area contributed by atoms with E-state index in [-0.39, 0.29) is 5.91 Å². The molecule has 2 rings (SSSR count). The number of hydrogen-bond donors (Lipinski definition) is 2. The molecule has 0 saturated carbocycles. The fraction of sp³-hybridized carbons (Fsp3) is 0.250. The van der Waals surface area contributed by atoms with E-state index in [4.69, 9.17) is 0 Å². The van der Waals surface area contributed by atoms with Crippen LogP contribution in [0.3, 0.4) is 0 Å². The van der Waals surface area contributed by atoms with Crippen molar-refractivity contribution >= 4 is 27.7 Å². The molecular formula is C16H18BrN3O. The fourth-order valence-electron chi connectivity index (χ4n) is 2.00. The topological polar surface area (TPSA) is 54.0 Å². The Morgan fingerprint density at radius 1 is 1.33 bits per heavy atom. The Labute approximate surface area is 133 Å². The number of halogens is 1. The first-order chi connectivity index (χ1) is 10.1. The number of pyridine rings is 1. The van der Waals surface area contributed by atoms with Crippen molar-refractivity contribution < 1.29 is 4.79 Å². The lowest BCUT2D eigenvalue weighted by Crippen LogP contribution is -2.22. The van der Waals surface area contributed by atoms with Crippen LogP contribution in [-0.2, 0) is 6.54 Å². The molecule has 0 aliphatic rings. The third kappa shape index (κ3) is 4.29.